The number of benzene rings is 1. The van der Waals surface area contributed by atoms with Gasteiger partial charge in [0, 0.05) is 11.3 Å². The largest absolute Gasteiger partial charge is 0.283 e. The topological polar surface area (TPSA) is 34.9 Å². The molecule has 0 N–H and O–H groups in total. The molecular formula is C20H24N2OS. The quantitative estimate of drug-likeness (QED) is 0.608. The van der Waals surface area contributed by atoms with Crippen LogP contribution in [0.4, 0.5) is 0 Å². The van der Waals surface area contributed by atoms with E-state index in [2.05, 4.69) is 12.1 Å². The van der Waals surface area contributed by atoms with E-state index in [0.717, 1.165) is 53.8 Å². The van der Waals surface area contributed by atoms with Gasteiger partial charge >= 0.3 is 0 Å². The minimum atomic E-state index is 0.194. The van der Waals surface area contributed by atoms with Crippen LogP contribution in [0.3, 0.4) is 0 Å². The highest BCUT2D eigenvalue weighted by atomic mass is 32.2. The van der Waals surface area contributed by atoms with Crippen LogP contribution < -0.4 is 5.56 Å². The summed E-state index contributed by atoms with van der Waals surface area (Å²) in [6, 6.07) is 10.3. The van der Waals surface area contributed by atoms with E-state index in [0.29, 0.717) is 6.54 Å². The highest BCUT2D eigenvalue weighted by Crippen LogP contribution is 2.32. The van der Waals surface area contributed by atoms with E-state index in [9.17, 15) is 4.79 Å². The van der Waals surface area contributed by atoms with Crippen molar-refractivity contribution in [2.45, 2.75) is 56.6 Å². The molecule has 0 saturated heterocycles. The first-order valence-corrected chi connectivity index (χ1v) is 10.1. The molecule has 2 aliphatic rings. The van der Waals surface area contributed by atoms with Gasteiger partial charge in [-0.2, -0.15) is 0 Å². The van der Waals surface area contributed by atoms with Gasteiger partial charge in [-0.15, -0.1) is 0 Å². The zero-order chi connectivity index (χ0) is 16.4. The van der Waals surface area contributed by atoms with Crippen LogP contribution in [0.1, 0.15) is 48.9 Å². The number of nitrogens with zero attached hydrogens (tertiary/aromatic N) is 2. The van der Waals surface area contributed by atoms with Gasteiger partial charge in [0.2, 0.25) is 0 Å². The molecule has 1 heterocycles. The van der Waals surface area contributed by atoms with E-state index < -0.39 is 0 Å². The maximum Gasteiger partial charge on any atom is 0.257 e. The standard InChI is InChI=1S/C20H24N2OS/c23-19-17-11-4-5-12-18(17)21-20(24-14-16-9-6-10-16)22(19)13-15-7-2-1-3-8-15/h1-3,7-8,16H,4-6,9-14H2. The molecule has 1 aromatic heterocycles. The Morgan fingerprint density at radius 3 is 2.62 bits per heavy atom. The lowest BCUT2D eigenvalue weighted by atomic mass is 9.87. The Morgan fingerprint density at radius 2 is 1.88 bits per heavy atom. The molecule has 0 bridgehead atoms. The Balaban J connectivity index is 1.68. The van der Waals surface area contributed by atoms with Crippen LogP contribution in [0.15, 0.2) is 40.3 Å². The summed E-state index contributed by atoms with van der Waals surface area (Å²) in [4.78, 5) is 18.0. The van der Waals surface area contributed by atoms with E-state index >= 15 is 0 Å². The smallest absolute Gasteiger partial charge is 0.257 e. The highest BCUT2D eigenvalue weighted by molar-refractivity contribution is 7.99. The van der Waals surface area contributed by atoms with E-state index in [-0.39, 0.29) is 5.56 Å². The van der Waals surface area contributed by atoms with E-state index in [1.54, 1.807) is 11.8 Å². The molecule has 3 nitrogen and oxygen atoms in total. The summed E-state index contributed by atoms with van der Waals surface area (Å²) in [5, 5.41) is 0.927. The Labute approximate surface area is 147 Å². The third kappa shape index (κ3) is 3.30. The van der Waals surface area contributed by atoms with Gasteiger partial charge < -0.3 is 0 Å². The predicted molar refractivity (Wildman–Crippen MR) is 98.7 cm³/mol. The van der Waals surface area contributed by atoms with Gasteiger partial charge in [0.1, 0.15) is 0 Å². The second-order valence-corrected chi connectivity index (χ2v) is 8.00. The molecule has 4 rings (SSSR count). The van der Waals surface area contributed by atoms with Gasteiger partial charge in [-0.25, -0.2) is 4.98 Å². The number of rotatable bonds is 5. The molecule has 126 valence electrons. The Morgan fingerprint density at radius 1 is 1.08 bits per heavy atom. The van der Waals surface area contributed by atoms with Gasteiger partial charge in [0.05, 0.1) is 12.2 Å². The summed E-state index contributed by atoms with van der Waals surface area (Å²) < 4.78 is 1.92. The van der Waals surface area contributed by atoms with Gasteiger partial charge in [0.15, 0.2) is 5.16 Å². The number of aromatic nitrogens is 2. The molecule has 0 radical (unpaired) electrons. The molecule has 0 unspecified atom stereocenters. The van der Waals surface area contributed by atoms with Gasteiger partial charge in [-0.3, -0.25) is 9.36 Å². The number of aryl methyl sites for hydroxylation is 1. The van der Waals surface area contributed by atoms with Crippen LogP contribution in [-0.2, 0) is 19.4 Å². The second-order valence-electron chi connectivity index (χ2n) is 7.01. The van der Waals surface area contributed by atoms with Gasteiger partial charge in [-0.05, 0) is 50.0 Å². The summed E-state index contributed by atoms with van der Waals surface area (Å²) in [6.07, 6.45) is 8.16. The van der Waals surface area contributed by atoms with Crippen molar-refractivity contribution in [1.29, 1.82) is 0 Å². The lowest BCUT2D eigenvalue weighted by molar-refractivity contribution is 0.352. The lowest BCUT2D eigenvalue weighted by Crippen LogP contribution is -2.30. The van der Waals surface area contributed by atoms with Crippen LogP contribution >= 0.6 is 11.8 Å². The van der Waals surface area contributed by atoms with Crippen LogP contribution in [0, 0.1) is 5.92 Å². The molecule has 2 aromatic rings. The van der Waals surface area contributed by atoms with Gasteiger partial charge in [-0.1, -0.05) is 48.5 Å². The van der Waals surface area contributed by atoms with Crippen LogP contribution in [-0.4, -0.2) is 15.3 Å². The van der Waals surface area contributed by atoms with Crippen molar-refractivity contribution in [2.75, 3.05) is 5.75 Å². The molecule has 0 amide bonds. The maximum absolute atomic E-state index is 13.1. The summed E-state index contributed by atoms with van der Waals surface area (Å²) in [5.74, 6) is 1.91. The van der Waals surface area contributed by atoms with E-state index in [1.165, 1.54) is 24.8 Å². The first kappa shape index (κ1) is 15.9. The summed E-state index contributed by atoms with van der Waals surface area (Å²) in [6.45, 7) is 0.632. The van der Waals surface area contributed by atoms with Crippen LogP contribution in [0.5, 0.6) is 0 Å². The minimum absolute atomic E-state index is 0.194. The Kier molecular flexibility index (Phi) is 4.74. The third-order valence-corrected chi connectivity index (χ3v) is 6.47. The summed E-state index contributed by atoms with van der Waals surface area (Å²) in [5.41, 5.74) is 3.39. The van der Waals surface area contributed by atoms with Crippen molar-refractivity contribution in [3.8, 4) is 0 Å². The number of hydrogen-bond donors (Lipinski definition) is 0. The van der Waals surface area contributed by atoms with Gasteiger partial charge in [0.25, 0.3) is 5.56 Å². The Hall–Kier alpha value is -1.55. The highest BCUT2D eigenvalue weighted by Gasteiger charge is 2.22. The SMILES string of the molecule is O=c1c2c(nc(SCC3CCC3)n1Cc1ccccc1)CCCC2. The fraction of sp³-hybridized carbons (Fsp3) is 0.500. The van der Waals surface area contributed by atoms with E-state index in [4.69, 9.17) is 4.98 Å². The number of fused-ring (bicyclic) bond motifs is 1. The molecule has 1 saturated carbocycles. The minimum Gasteiger partial charge on any atom is -0.283 e. The normalized spacial score (nSPS) is 17.3. The van der Waals surface area contributed by atoms with Crippen molar-refractivity contribution >= 4 is 11.8 Å². The van der Waals surface area contributed by atoms with Crippen molar-refractivity contribution in [1.82, 2.24) is 9.55 Å². The molecule has 2 aliphatic carbocycles. The molecule has 0 aliphatic heterocycles. The van der Waals surface area contributed by atoms with E-state index in [1.807, 2.05) is 22.8 Å². The summed E-state index contributed by atoms with van der Waals surface area (Å²) >= 11 is 1.79. The predicted octanol–water partition coefficient (Wildman–Crippen LogP) is 4.06. The first-order valence-electron chi connectivity index (χ1n) is 9.10. The molecule has 1 aromatic carbocycles. The zero-order valence-corrected chi connectivity index (χ0v) is 14.9. The third-order valence-electron chi connectivity index (χ3n) is 5.26. The second kappa shape index (κ2) is 7.14. The fourth-order valence-electron chi connectivity index (χ4n) is 3.54. The van der Waals surface area contributed by atoms with Crippen molar-refractivity contribution in [3.05, 3.63) is 57.5 Å². The first-order chi connectivity index (χ1) is 11.8. The van der Waals surface area contributed by atoms with Crippen molar-refractivity contribution in [2.24, 2.45) is 5.92 Å². The summed E-state index contributed by atoms with van der Waals surface area (Å²) in [7, 11) is 0. The van der Waals surface area contributed by atoms with Crippen molar-refractivity contribution < 1.29 is 0 Å². The number of hydrogen-bond acceptors (Lipinski definition) is 3. The molecule has 1 fully saturated rings. The Bertz CT molecular complexity index is 765. The molecule has 0 atom stereocenters. The molecule has 0 spiro atoms. The molecule has 24 heavy (non-hydrogen) atoms. The average Bonchev–Trinajstić information content (AvgIpc) is 2.58. The fourth-order valence-corrected chi connectivity index (χ4v) is 4.73. The average molecular weight is 340 g/mol. The van der Waals surface area contributed by atoms with Crippen molar-refractivity contribution in [3.63, 3.8) is 0 Å². The number of thioether (sulfide) groups is 1. The molecular weight excluding hydrogens is 316 g/mol. The molecule has 4 heteroatoms. The lowest BCUT2D eigenvalue weighted by Gasteiger charge is -2.25. The zero-order valence-electron chi connectivity index (χ0n) is 14.0. The monoisotopic (exact) mass is 340 g/mol. The van der Waals surface area contributed by atoms with Crippen LogP contribution in [0.2, 0.25) is 0 Å². The van der Waals surface area contributed by atoms with Crippen LogP contribution in [0.25, 0.3) is 0 Å². The maximum atomic E-state index is 13.1.